The van der Waals surface area contributed by atoms with Crippen molar-refractivity contribution < 1.29 is 23.7 Å². The third kappa shape index (κ3) is 5.40. The number of methoxy groups -OCH3 is 1. The lowest BCUT2D eigenvalue weighted by Crippen LogP contribution is -2.38. The number of ether oxygens (including phenoxy) is 4. The van der Waals surface area contributed by atoms with Gasteiger partial charge in [-0.25, -0.2) is 4.98 Å². The van der Waals surface area contributed by atoms with Gasteiger partial charge < -0.3 is 29.2 Å². The standard InChI is InChI=1S/C22H27ClN4O5/c1-29-9-10-31-21-17(23)12-24-22(26-21)25-18-6-5-15(11-20(18)32-16-3-2-4-16)19-13-30-8-7-27(19)14-28/h5-6,11-12,14,16,19H,2-4,7-10,13H2,1H3,(H,24,25,26). The third-order valence-corrected chi connectivity index (χ3v) is 5.79. The molecule has 0 radical (unpaired) electrons. The van der Waals surface area contributed by atoms with Gasteiger partial charge in [0.25, 0.3) is 0 Å². The van der Waals surface area contributed by atoms with Gasteiger partial charge in [-0.1, -0.05) is 17.7 Å². The predicted molar refractivity (Wildman–Crippen MR) is 119 cm³/mol. The summed E-state index contributed by atoms with van der Waals surface area (Å²) in [6.07, 6.45) is 5.73. The molecule has 1 saturated carbocycles. The van der Waals surface area contributed by atoms with Crippen LogP contribution in [-0.2, 0) is 14.3 Å². The molecule has 32 heavy (non-hydrogen) atoms. The van der Waals surface area contributed by atoms with E-state index in [0.717, 1.165) is 36.9 Å². The smallest absolute Gasteiger partial charge is 0.237 e. The first-order valence-corrected chi connectivity index (χ1v) is 11.1. The van der Waals surface area contributed by atoms with E-state index in [9.17, 15) is 4.79 Å². The summed E-state index contributed by atoms with van der Waals surface area (Å²) < 4.78 is 22.4. The molecule has 0 spiro atoms. The summed E-state index contributed by atoms with van der Waals surface area (Å²) >= 11 is 6.15. The summed E-state index contributed by atoms with van der Waals surface area (Å²) in [5.74, 6) is 1.30. The van der Waals surface area contributed by atoms with Gasteiger partial charge in [0.05, 0.1) is 43.9 Å². The van der Waals surface area contributed by atoms with E-state index < -0.39 is 0 Å². The van der Waals surface area contributed by atoms with Gasteiger partial charge in [-0.3, -0.25) is 4.79 Å². The number of rotatable bonds is 10. The van der Waals surface area contributed by atoms with Crippen LogP contribution in [0.25, 0.3) is 0 Å². The minimum Gasteiger partial charge on any atom is -0.488 e. The third-order valence-electron chi connectivity index (χ3n) is 5.53. The monoisotopic (exact) mass is 462 g/mol. The van der Waals surface area contributed by atoms with E-state index in [0.29, 0.717) is 49.7 Å². The van der Waals surface area contributed by atoms with Crippen molar-refractivity contribution in [2.24, 2.45) is 0 Å². The molecule has 1 aliphatic carbocycles. The quantitative estimate of drug-likeness (QED) is 0.424. The van der Waals surface area contributed by atoms with Gasteiger partial charge in [0.1, 0.15) is 17.4 Å². The van der Waals surface area contributed by atoms with Crippen molar-refractivity contribution in [3.05, 3.63) is 35.0 Å². The lowest BCUT2D eigenvalue weighted by atomic mass is 9.96. The number of aromatic nitrogens is 2. The fourth-order valence-electron chi connectivity index (χ4n) is 3.50. The molecule has 1 amide bonds. The number of carbonyl (C=O) groups is 1. The molecule has 1 unspecified atom stereocenters. The Morgan fingerprint density at radius 3 is 2.97 bits per heavy atom. The molecular weight excluding hydrogens is 436 g/mol. The Labute approximate surface area is 192 Å². The largest absolute Gasteiger partial charge is 0.488 e. The molecule has 1 N–H and O–H groups in total. The van der Waals surface area contributed by atoms with Crippen molar-refractivity contribution in [2.75, 3.05) is 45.4 Å². The molecule has 1 aromatic heterocycles. The molecule has 2 aliphatic rings. The predicted octanol–water partition coefficient (Wildman–Crippen LogP) is 3.36. The zero-order chi connectivity index (χ0) is 22.3. The summed E-state index contributed by atoms with van der Waals surface area (Å²) in [6.45, 7) is 2.32. The van der Waals surface area contributed by atoms with E-state index in [1.807, 2.05) is 18.2 Å². The fraction of sp³-hybridized carbons (Fsp3) is 0.500. The zero-order valence-electron chi connectivity index (χ0n) is 18.0. The molecule has 172 valence electrons. The number of morpholine rings is 1. The minimum absolute atomic E-state index is 0.147. The SMILES string of the molecule is COCCOc1nc(Nc2ccc(C3COCCN3C=O)cc2OC2CCC2)ncc1Cl. The topological polar surface area (TPSA) is 95.0 Å². The highest BCUT2D eigenvalue weighted by Crippen LogP contribution is 2.36. The summed E-state index contributed by atoms with van der Waals surface area (Å²) in [5.41, 5.74) is 1.68. The Bertz CT molecular complexity index is 927. The Morgan fingerprint density at radius 2 is 2.22 bits per heavy atom. The average molecular weight is 463 g/mol. The van der Waals surface area contributed by atoms with E-state index >= 15 is 0 Å². The number of halogens is 1. The van der Waals surface area contributed by atoms with Gasteiger partial charge in [0.15, 0.2) is 0 Å². The van der Waals surface area contributed by atoms with Gasteiger partial charge in [0, 0.05) is 13.7 Å². The second-order valence-corrected chi connectivity index (χ2v) is 8.08. The van der Waals surface area contributed by atoms with Crippen LogP contribution >= 0.6 is 11.6 Å². The molecule has 1 aliphatic heterocycles. The summed E-state index contributed by atoms with van der Waals surface area (Å²) in [4.78, 5) is 21.9. The molecule has 1 atom stereocenters. The Kier molecular flexibility index (Phi) is 7.62. The van der Waals surface area contributed by atoms with Crippen LogP contribution in [0.4, 0.5) is 11.6 Å². The second-order valence-electron chi connectivity index (χ2n) is 7.67. The maximum atomic E-state index is 11.5. The van der Waals surface area contributed by atoms with Crippen LogP contribution in [0.5, 0.6) is 11.6 Å². The van der Waals surface area contributed by atoms with Crippen molar-refractivity contribution in [3.8, 4) is 11.6 Å². The minimum atomic E-state index is -0.147. The molecule has 1 saturated heterocycles. The van der Waals surface area contributed by atoms with Gasteiger partial charge in [0.2, 0.25) is 18.2 Å². The Balaban J connectivity index is 1.57. The number of anilines is 2. The molecule has 4 rings (SSSR count). The maximum Gasteiger partial charge on any atom is 0.237 e. The first-order chi connectivity index (χ1) is 15.7. The van der Waals surface area contributed by atoms with Crippen LogP contribution in [0, 0.1) is 0 Å². The molecule has 2 fully saturated rings. The molecule has 1 aromatic carbocycles. The van der Waals surface area contributed by atoms with Crippen LogP contribution in [0.15, 0.2) is 24.4 Å². The lowest BCUT2D eigenvalue weighted by Gasteiger charge is -2.34. The number of hydrogen-bond donors (Lipinski definition) is 1. The molecular formula is C22H27ClN4O5. The fourth-order valence-corrected chi connectivity index (χ4v) is 3.65. The molecule has 2 heterocycles. The van der Waals surface area contributed by atoms with Crippen molar-refractivity contribution in [1.29, 1.82) is 0 Å². The first kappa shape index (κ1) is 22.6. The number of nitrogens with one attached hydrogen (secondary N) is 1. The maximum absolute atomic E-state index is 11.5. The van der Waals surface area contributed by atoms with Gasteiger partial charge >= 0.3 is 0 Å². The molecule has 2 aromatic rings. The Morgan fingerprint density at radius 1 is 1.34 bits per heavy atom. The number of benzene rings is 1. The number of carbonyl (C=O) groups excluding carboxylic acids is 1. The second kappa shape index (κ2) is 10.8. The van der Waals surface area contributed by atoms with Crippen LogP contribution < -0.4 is 14.8 Å². The summed E-state index contributed by atoms with van der Waals surface area (Å²) in [7, 11) is 1.60. The van der Waals surface area contributed by atoms with Crippen molar-refractivity contribution in [3.63, 3.8) is 0 Å². The highest BCUT2D eigenvalue weighted by Gasteiger charge is 2.26. The zero-order valence-corrected chi connectivity index (χ0v) is 18.7. The average Bonchev–Trinajstić information content (AvgIpc) is 2.79. The summed E-state index contributed by atoms with van der Waals surface area (Å²) in [5, 5.41) is 3.53. The molecule has 9 nitrogen and oxygen atoms in total. The van der Waals surface area contributed by atoms with Crippen molar-refractivity contribution >= 4 is 29.6 Å². The normalized spacial score (nSPS) is 18.7. The van der Waals surface area contributed by atoms with Crippen molar-refractivity contribution in [1.82, 2.24) is 14.9 Å². The van der Waals surface area contributed by atoms with Crippen LogP contribution in [0.3, 0.4) is 0 Å². The molecule has 10 heteroatoms. The van der Waals surface area contributed by atoms with E-state index in [-0.39, 0.29) is 18.0 Å². The van der Waals surface area contributed by atoms with Crippen LogP contribution in [0.1, 0.15) is 30.9 Å². The van der Waals surface area contributed by atoms with Crippen molar-refractivity contribution in [2.45, 2.75) is 31.4 Å². The van der Waals surface area contributed by atoms with E-state index in [2.05, 4.69) is 15.3 Å². The number of nitrogens with zero attached hydrogens (tertiary/aromatic N) is 3. The highest BCUT2D eigenvalue weighted by molar-refractivity contribution is 6.31. The van der Waals surface area contributed by atoms with Gasteiger partial charge in [-0.2, -0.15) is 4.98 Å². The summed E-state index contributed by atoms with van der Waals surface area (Å²) in [6, 6.07) is 5.68. The highest BCUT2D eigenvalue weighted by atomic mass is 35.5. The first-order valence-electron chi connectivity index (χ1n) is 10.7. The van der Waals surface area contributed by atoms with Crippen LogP contribution in [-0.4, -0.2) is 67.5 Å². The Hall–Kier alpha value is -2.62. The van der Waals surface area contributed by atoms with E-state index in [1.165, 1.54) is 6.20 Å². The van der Waals surface area contributed by atoms with E-state index in [4.69, 9.17) is 30.5 Å². The van der Waals surface area contributed by atoms with Crippen LogP contribution in [0.2, 0.25) is 5.02 Å². The van der Waals surface area contributed by atoms with E-state index in [1.54, 1.807) is 12.0 Å². The molecule has 0 bridgehead atoms. The van der Waals surface area contributed by atoms with Gasteiger partial charge in [-0.05, 0) is 37.0 Å². The lowest BCUT2D eigenvalue weighted by molar-refractivity contribution is -0.126. The number of hydrogen-bond acceptors (Lipinski definition) is 8. The number of amides is 1. The van der Waals surface area contributed by atoms with Gasteiger partial charge in [-0.15, -0.1) is 0 Å².